The number of alkyl halides is 1. The van der Waals surface area contributed by atoms with Crippen molar-refractivity contribution in [2.24, 2.45) is 0 Å². The minimum atomic E-state index is -1.82. The van der Waals surface area contributed by atoms with Crippen molar-refractivity contribution in [1.29, 1.82) is 0 Å². The van der Waals surface area contributed by atoms with Crippen molar-refractivity contribution in [2.45, 2.75) is 12.7 Å². The first kappa shape index (κ1) is 16.1. The smallest absolute Gasteiger partial charge is 0.345 e. The molecule has 0 fully saturated rings. The molecule has 24 heavy (non-hydrogen) atoms. The summed E-state index contributed by atoms with van der Waals surface area (Å²) in [5, 5.41) is 12.2. The molecule has 122 valence electrons. The van der Waals surface area contributed by atoms with E-state index in [4.69, 9.17) is 5.11 Å². The fraction of sp³-hybridized carbons (Fsp3) is 0.118. The lowest BCUT2D eigenvalue weighted by molar-refractivity contribution is -0.126. The number of rotatable bonds is 5. The molecule has 1 aromatic carbocycles. The van der Waals surface area contributed by atoms with E-state index < -0.39 is 18.0 Å². The maximum atomic E-state index is 14.4. The third kappa shape index (κ3) is 3.41. The van der Waals surface area contributed by atoms with Crippen LogP contribution in [0.25, 0.3) is 10.1 Å². The van der Waals surface area contributed by atoms with Gasteiger partial charge in [0, 0.05) is 23.6 Å². The van der Waals surface area contributed by atoms with Gasteiger partial charge in [-0.15, -0.1) is 11.3 Å². The topological polar surface area (TPSA) is 79.3 Å². The number of hydrogen-bond donors (Lipinski definition) is 2. The fourth-order valence-electron chi connectivity index (χ4n) is 2.24. The average Bonchev–Trinajstić information content (AvgIpc) is 3.03. The second-order valence-electron chi connectivity index (χ2n) is 5.15. The SMILES string of the molecule is O=C(O)c1cc2ccc([C@@H](F)C(=O)NCc3cccnc3)cc2s1. The number of fused-ring (bicyclic) bond motifs is 1. The number of nitrogens with zero attached hydrogens (tertiary/aromatic N) is 1. The largest absolute Gasteiger partial charge is 0.477 e. The molecule has 2 aromatic heterocycles. The Labute approximate surface area is 140 Å². The number of hydrogen-bond acceptors (Lipinski definition) is 4. The van der Waals surface area contributed by atoms with Crippen molar-refractivity contribution in [1.82, 2.24) is 10.3 Å². The van der Waals surface area contributed by atoms with Crippen molar-refractivity contribution in [3.63, 3.8) is 0 Å². The van der Waals surface area contributed by atoms with Gasteiger partial charge in [0.25, 0.3) is 5.91 Å². The first-order valence-electron chi connectivity index (χ1n) is 7.12. The van der Waals surface area contributed by atoms with Crippen LogP contribution in [-0.2, 0) is 11.3 Å². The molecular formula is C17H13FN2O3S. The molecule has 1 amide bonds. The van der Waals surface area contributed by atoms with Crippen LogP contribution in [0.1, 0.15) is 27.0 Å². The molecule has 0 aliphatic heterocycles. The molecule has 0 saturated heterocycles. The summed E-state index contributed by atoms with van der Waals surface area (Å²) in [4.78, 5) is 27.1. The highest BCUT2D eigenvalue weighted by atomic mass is 32.1. The molecule has 2 heterocycles. The highest BCUT2D eigenvalue weighted by Gasteiger charge is 2.20. The van der Waals surface area contributed by atoms with E-state index in [9.17, 15) is 14.0 Å². The lowest BCUT2D eigenvalue weighted by Gasteiger charge is -2.10. The summed E-state index contributed by atoms with van der Waals surface area (Å²) < 4.78 is 15.0. The van der Waals surface area contributed by atoms with Crippen LogP contribution >= 0.6 is 11.3 Å². The minimum absolute atomic E-state index is 0.179. The number of thiophene rings is 1. The molecule has 0 spiro atoms. The summed E-state index contributed by atoms with van der Waals surface area (Å²) in [6, 6.07) is 9.68. The number of carboxylic acid groups (broad SMARTS) is 1. The number of benzene rings is 1. The number of carbonyl (C=O) groups is 2. The van der Waals surface area contributed by atoms with E-state index in [1.54, 1.807) is 30.6 Å². The fourth-order valence-corrected chi connectivity index (χ4v) is 3.19. The number of carbonyl (C=O) groups excluding carboxylic acids is 1. The van der Waals surface area contributed by atoms with Crippen LogP contribution in [0.2, 0.25) is 0 Å². The summed E-state index contributed by atoms with van der Waals surface area (Å²) in [7, 11) is 0. The number of pyridine rings is 1. The number of amides is 1. The number of carboxylic acids is 1. The lowest BCUT2D eigenvalue weighted by Crippen LogP contribution is -2.26. The Balaban J connectivity index is 1.73. The predicted molar refractivity (Wildman–Crippen MR) is 88.7 cm³/mol. The molecule has 0 bridgehead atoms. The summed E-state index contributed by atoms with van der Waals surface area (Å²) >= 11 is 1.05. The summed E-state index contributed by atoms with van der Waals surface area (Å²) in [5.41, 5.74) is 0.975. The van der Waals surface area contributed by atoms with Crippen LogP contribution in [0.5, 0.6) is 0 Å². The number of aromatic carboxylic acids is 1. The van der Waals surface area contributed by atoms with Gasteiger partial charge in [0.05, 0.1) is 0 Å². The Morgan fingerprint density at radius 2 is 2.12 bits per heavy atom. The molecule has 0 aliphatic carbocycles. The van der Waals surface area contributed by atoms with Crippen LogP contribution in [0.4, 0.5) is 4.39 Å². The molecule has 0 unspecified atom stereocenters. The van der Waals surface area contributed by atoms with Gasteiger partial charge in [-0.05, 0) is 34.7 Å². The van der Waals surface area contributed by atoms with Gasteiger partial charge in [-0.2, -0.15) is 0 Å². The maximum absolute atomic E-state index is 14.4. The van der Waals surface area contributed by atoms with Gasteiger partial charge in [0.1, 0.15) is 4.88 Å². The van der Waals surface area contributed by atoms with Crippen LogP contribution in [-0.4, -0.2) is 22.0 Å². The maximum Gasteiger partial charge on any atom is 0.345 e. The van der Waals surface area contributed by atoms with Crippen molar-refractivity contribution in [2.75, 3.05) is 0 Å². The summed E-state index contributed by atoms with van der Waals surface area (Å²) in [6.45, 7) is 0.192. The molecule has 1 atom stereocenters. The molecule has 0 aliphatic rings. The quantitative estimate of drug-likeness (QED) is 0.744. The first-order valence-corrected chi connectivity index (χ1v) is 7.94. The van der Waals surface area contributed by atoms with Gasteiger partial charge >= 0.3 is 5.97 Å². The normalized spacial score (nSPS) is 12.0. The molecular weight excluding hydrogens is 331 g/mol. The zero-order valence-corrected chi connectivity index (χ0v) is 13.2. The van der Waals surface area contributed by atoms with Crippen LogP contribution in [0, 0.1) is 0 Å². The monoisotopic (exact) mass is 344 g/mol. The molecule has 5 nitrogen and oxygen atoms in total. The molecule has 3 rings (SSSR count). The molecule has 0 saturated carbocycles. The van der Waals surface area contributed by atoms with Crippen molar-refractivity contribution >= 4 is 33.3 Å². The number of halogens is 1. The van der Waals surface area contributed by atoms with Gasteiger partial charge in [0.15, 0.2) is 0 Å². The third-order valence-corrected chi connectivity index (χ3v) is 4.55. The minimum Gasteiger partial charge on any atom is -0.477 e. The van der Waals surface area contributed by atoms with Gasteiger partial charge < -0.3 is 10.4 Å². The zero-order valence-electron chi connectivity index (χ0n) is 12.4. The van der Waals surface area contributed by atoms with Gasteiger partial charge in [-0.25, -0.2) is 9.18 Å². The van der Waals surface area contributed by atoms with E-state index in [1.807, 2.05) is 0 Å². The number of nitrogens with one attached hydrogen (secondary N) is 1. The highest BCUT2D eigenvalue weighted by molar-refractivity contribution is 7.20. The van der Waals surface area contributed by atoms with E-state index in [0.717, 1.165) is 16.9 Å². The Bertz CT molecular complexity index is 895. The van der Waals surface area contributed by atoms with Crippen molar-refractivity contribution < 1.29 is 19.1 Å². The van der Waals surface area contributed by atoms with E-state index in [1.165, 1.54) is 18.2 Å². The third-order valence-electron chi connectivity index (χ3n) is 3.47. The Hall–Kier alpha value is -2.80. The van der Waals surface area contributed by atoms with Crippen molar-refractivity contribution in [3.05, 3.63) is 64.8 Å². The van der Waals surface area contributed by atoms with Crippen LogP contribution < -0.4 is 5.32 Å². The molecule has 0 radical (unpaired) electrons. The average molecular weight is 344 g/mol. The zero-order chi connectivity index (χ0) is 17.1. The van der Waals surface area contributed by atoms with Gasteiger partial charge in [-0.3, -0.25) is 9.78 Å². The van der Waals surface area contributed by atoms with Crippen LogP contribution in [0.3, 0.4) is 0 Å². The Morgan fingerprint density at radius 1 is 1.29 bits per heavy atom. The standard InChI is InChI=1S/C17H13FN2O3S/c18-15(16(21)20-9-10-2-1-5-19-8-10)12-4-3-11-6-14(17(22)23)24-13(11)7-12/h1-8,15H,9H2,(H,20,21)(H,22,23)/t15-/m1/s1. The molecule has 2 N–H and O–H groups in total. The van der Waals surface area contributed by atoms with Crippen molar-refractivity contribution in [3.8, 4) is 0 Å². The Morgan fingerprint density at radius 3 is 2.83 bits per heavy atom. The second kappa shape index (κ2) is 6.76. The number of aromatic nitrogens is 1. The van der Waals surface area contributed by atoms with E-state index in [0.29, 0.717) is 10.1 Å². The first-order chi connectivity index (χ1) is 11.5. The van der Waals surface area contributed by atoms with Crippen LogP contribution in [0.15, 0.2) is 48.8 Å². The summed E-state index contributed by atoms with van der Waals surface area (Å²) in [6.07, 6.45) is 1.39. The Kier molecular flexibility index (Phi) is 4.52. The summed E-state index contributed by atoms with van der Waals surface area (Å²) in [5.74, 6) is -1.77. The highest BCUT2D eigenvalue weighted by Crippen LogP contribution is 2.29. The second-order valence-corrected chi connectivity index (χ2v) is 6.24. The van der Waals surface area contributed by atoms with E-state index in [-0.39, 0.29) is 17.0 Å². The van der Waals surface area contributed by atoms with Gasteiger partial charge in [-0.1, -0.05) is 18.2 Å². The van der Waals surface area contributed by atoms with E-state index in [2.05, 4.69) is 10.3 Å². The lowest BCUT2D eigenvalue weighted by atomic mass is 10.1. The van der Waals surface area contributed by atoms with E-state index >= 15 is 0 Å². The molecule has 3 aromatic rings. The van der Waals surface area contributed by atoms with Gasteiger partial charge in [0.2, 0.25) is 6.17 Å². The predicted octanol–water partition coefficient (Wildman–Crippen LogP) is 3.32. The molecule has 7 heteroatoms.